The first kappa shape index (κ1) is 11.5. The molecule has 0 unspecified atom stereocenters. The average molecular weight is 263 g/mol. The van der Waals surface area contributed by atoms with Gasteiger partial charge in [-0.2, -0.15) is 0 Å². The Bertz CT molecular complexity index is 523. The Morgan fingerprint density at radius 1 is 1.61 bits per heavy atom. The first-order valence-electron chi connectivity index (χ1n) is 6.26. The second-order valence-corrected chi connectivity index (χ2v) is 5.58. The number of thiazole rings is 1. The van der Waals surface area contributed by atoms with Gasteiger partial charge in [-0.05, 0) is 18.8 Å². The number of fused-ring (bicyclic) bond motifs is 1. The van der Waals surface area contributed by atoms with Gasteiger partial charge in [0.05, 0.1) is 12.2 Å². The minimum absolute atomic E-state index is 0.526. The summed E-state index contributed by atoms with van der Waals surface area (Å²) in [6.45, 7) is 1.49. The van der Waals surface area contributed by atoms with Crippen LogP contribution in [0.4, 0.5) is 0 Å². The van der Waals surface area contributed by atoms with E-state index in [1.54, 1.807) is 11.3 Å². The fourth-order valence-electron chi connectivity index (χ4n) is 2.02. The van der Waals surface area contributed by atoms with Gasteiger partial charge < -0.3 is 11.1 Å². The summed E-state index contributed by atoms with van der Waals surface area (Å²) in [4.78, 5) is 9.77. The summed E-state index contributed by atoms with van der Waals surface area (Å²) in [6, 6.07) is 0. The van der Waals surface area contributed by atoms with Crippen molar-refractivity contribution in [1.82, 2.24) is 14.7 Å². The molecule has 1 aliphatic carbocycles. The third-order valence-electron chi connectivity index (χ3n) is 3.35. The number of nitrogens with one attached hydrogen (secondary N) is 1. The summed E-state index contributed by atoms with van der Waals surface area (Å²) < 4.78 is 2.01. The molecule has 2 aromatic heterocycles. The van der Waals surface area contributed by atoms with Gasteiger partial charge in [0.1, 0.15) is 0 Å². The second-order valence-electron chi connectivity index (χ2n) is 4.70. The quantitative estimate of drug-likeness (QED) is 0.650. The minimum atomic E-state index is 0.526. The van der Waals surface area contributed by atoms with Crippen LogP contribution in [0.5, 0.6) is 0 Å². The molecular formula is C12H17N5S. The number of rotatable bonds is 4. The summed E-state index contributed by atoms with van der Waals surface area (Å²) in [7, 11) is 0. The van der Waals surface area contributed by atoms with Crippen molar-refractivity contribution in [2.24, 2.45) is 16.6 Å². The number of hydrogen-bond donors (Lipinski definition) is 2. The highest BCUT2D eigenvalue weighted by Crippen LogP contribution is 2.24. The van der Waals surface area contributed by atoms with Crippen LogP contribution < -0.4 is 11.1 Å². The van der Waals surface area contributed by atoms with Crippen LogP contribution in [-0.2, 0) is 6.54 Å². The van der Waals surface area contributed by atoms with Crippen LogP contribution in [0.3, 0.4) is 0 Å². The van der Waals surface area contributed by atoms with Crippen LogP contribution in [-0.4, -0.2) is 21.9 Å². The van der Waals surface area contributed by atoms with E-state index in [1.165, 1.54) is 19.3 Å². The highest BCUT2D eigenvalue weighted by atomic mass is 32.1. The topological polar surface area (TPSA) is 67.7 Å². The molecule has 2 heterocycles. The summed E-state index contributed by atoms with van der Waals surface area (Å²) in [5, 5.41) is 5.20. The molecule has 3 rings (SSSR count). The first-order chi connectivity index (χ1) is 8.81. The minimum Gasteiger partial charge on any atom is -0.370 e. The number of guanidine groups is 1. The van der Waals surface area contributed by atoms with Gasteiger partial charge in [0.25, 0.3) is 0 Å². The van der Waals surface area contributed by atoms with Crippen LogP contribution in [0.15, 0.2) is 22.8 Å². The first-order valence-corrected chi connectivity index (χ1v) is 7.14. The molecule has 0 aromatic carbocycles. The molecule has 2 aromatic rings. The van der Waals surface area contributed by atoms with Gasteiger partial charge in [-0.25, -0.2) is 9.98 Å². The van der Waals surface area contributed by atoms with Crippen molar-refractivity contribution >= 4 is 22.3 Å². The van der Waals surface area contributed by atoms with Crippen LogP contribution in [0.2, 0.25) is 0 Å². The lowest BCUT2D eigenvalue weighted by Crippen LogP contribution is -2.37. The largest absolute Gasteiger partial charge is 0.370 e. The monoisotopic (exact) mass is 263 g/mol. The van der Waals surface area contributed by atoms with Crippen LogP contribution >= 0.6 is 11.3 Å². The smallest absolute Gasteiger partial charge is 0.193 e. The Kier molecular flexibility index (Phi) is 3.19. The van der Waals surface area contributed by atoms with Gasteiger partial charge in [0, 0.05) is 24.3 Å². The zero-order chi connectivity index (χ0) is 12.4. The van der Waals surface area contributed by atoms with Crippen molar-refractivity contribution in [3.05, 3.63) is 23.5 Å². The Balaban J connectivity index is 1.53. The number of nitrogens with two attached hydrogens (primary N) is 1. The van der Waals surface area contributed by atoms with E-state index in [4.69, 9.17) is 5.73 Å². The molecule has 0 bridgehead atoms. The molecule has 1 aliphatic rings. The molecule has 1 saturated carbocycles. The van der Waals surface area contributed by atoms with Gasteiger partial charge in [-0.1, -0.05) is 6.42 Å². The van der Waals surface area contributed by atoms with E-state index >= 15 is 0 Å². The second kappa shape index (κ2) is 4.97. The van der Waals surface area contributed by atoms with E-state index in [9.17, 15) is 0 Å². The van der Waals surface area contributed by atoms with Crippen molar-refractivity contribution in [3.63, 3.8) is 0 Å². The highest BCUT2D eigenvalue weighted by molar-refractivity contribution is 7.15. The van der Waals surface area contributed by atoms with Crippen LogP contribution in [0.1, 0.15) is 25.0 Å². The molecule has 5 nitrogen and oxygen atoms in total. The molecule has 18 heavy (non-hydrogen) atoms. The number of nitrogens with zero attached hydrogens (tertiary/aromatic N) is 3. The maximum Gasteiger partial charge on any atom is 0.193 e. The molecule has 0 aliphatic heterocycles. The fraction of sp³-hybridized carbons (Fsp3) is 0.500. The number of aromatic nitrogens is 2. The van der Waals surface area contributed by atoms with E-state index < -0.39 is 0 Å². The lowest BCUT2D eigenvalue weighted by atomic mass is 9.85. The Hall–Kier alpha value is -1.56. The van der Waals surface area contributed by atoms with E-state index in [-0.39, 0.29) is 0 Å². The third kappa shape index (κ3) is 2.48. The van der Waals surface area contributed by atoms with Crippen molar-refractivity contribution in [2.45, 2.75) is 25.8 Å². The average Bonchev–Trinajstić information content (AvgIpc) is 2.84. The van der Waals surface area contributed by atoms with Gasteiger partial charge in [0.15, 0.2) is 10.9 Å². The maximum absolute atomic E-state index is 5.83. The highest BCUT2D eigenvalue weighted by Gasteiger charge is 2.16. The molecule has 6 heteroatoms. The predicted octanol–water partition coefficient (Wildman–Crippen LogP) is 1.60. The summed E-state index contributed by atoms with van der Waals surface area (Å²) in [6.07, 6.45) is 7.98. The van der Waals surface area contributed by atoms with E-state index in [0.717, 1.165) is 23.1 Å². The maximum atomic E-state index is 5.83. The number of aliphatic imine (C=N–C) groups is 1. The van der Waals surface area contributed by atoms with E-state index in [0.29, 0.717) is 12.5 Å². The molecule has 0 amide bonds. The summed E-state index contributed by atoms with van der Waals surface area (Å²) in [5.74, 6) is 1.31. The van der Waals surface area contributed by atoms with E-state index in [1.807, 2.05) is 22.2 Å². The Morgan fingerprint density at radius 2 is 2.50 bits per heavy atom. The van der Waals surface area contributed by atoms with Gasteiger partial charge in [-0.3, -0.25) is 4.40 Å². The Morgan fingerprint density at radius 3 is 3.22 bits per heavy atom. The molecule has 0 spiro atoms. The normalized spacial score (nSPS) is 17.0. The lowest BCUT2D eigenvalue weighted by molar-refractivity contribution is 0.315. The molecule has 96 valence electrons. The third-order valence-corrected chi connectivity index (χ3v) is 4.12. The zero-order valence-corrected chi connectivity index (χ0v) is 11.0. The van der Waals surface area contributed by atoms with Crippen molar-refractivity contribution < 1.29 is 0 Å². The van der Waals surface area contributed by atoms with Gasteiger partial charge >= 0.3 is 0 Å². The number of imidazole rings is 1. The molecule has 0 radical (unpaired) electrons. The molecule has 3 N–H and O–H groups in total. The van der Waals surface area contributed by atoms with Crippen molar-refractivity contribution in [1.29, 1.82) is 0 Å². The summed E-state index contributed by atoms with van der Waals surface area (Å²) >= 11 is 1.62. The molecule has 1 fully saturated rings. The predicted molar refractivity (Wildman–Crippen MR) is 73.7 cm³/mol. The standard InChI is InChI=1S/C12H17N5S/c13-11(14-6-9-2-1-3-9)15-7-10-8-17-4-5-18-12(17)16-10/h4-5,8-9H,1-3,6-7H2,(H3,13,14,15). The van der Waals surface area contributed by atoms with Crippen molar-refractivity contribution in [3.8, 4) is 0 Å². The number of hydrogen-bond acceptors (Lipinski definition) is 3. The van der Waals surface area contributed by atoms with E-state index in [2.05, 4.69) is 15.3 Å². The van der Waals surface area contributed by atoms with Gasteiger partial charge in [-0.15, -0.1) is 11.3 Å². The van der Waals surface area contributed by atoms with Crippen LogP contribution in [0, 0.1) is 5.92 Å². The zero-order valence-electron chi connectivity index (χ0n) is 10.2. The van der Waals surface area contributed by atoms with Crippen molar-refractivity contribution in [2.75, 3.05) is 6.54 Å². The summed E-state index contributed by atoms with van der Waals surface area (Å²) in [5.41, 5.74) is 6.78. The molecule has 0 saturated heterocycles. The fourth-order valence-corrected chi connectivity index (χ4v) is 2.74. The van der Waals surface area contributed by atoms with Crippen LogP contribution in [0.25, 0.3) is 4.96 Å². The van der Waals surface area contributed by atoms with Gasteiger partial charge in [0.2, 0.25) is 0 Å². The molecule has 0 atom stereocenters. The lowest BCUT2D eigenvalue weighted by Gasteiger charge is -2.25. The SMILES string of the molecule is NC(=NCc1cn2ccsc2n1)NCC1CCC1. The Labute approximate surface area is 110 Å². The molecular weight excluding hydrogens is 246 g/mol.